The predicted molar refractivity (Wildman–Crippen MR) is 50.4 cm³/mol. The zero-order valence-corrected chi connectivity index (χ0v) is 8.79. The van der Waals surface area contributed by atoms with Crippen molar-refractivity contribution in [1.82, 2.24) is 14.6 Å². The van der Waals surface area contributed by atoms with E-state index in [0.29, 0.717) is 16.1 Å². The molecule has 2 heterocycles. The van der Waals surface area contributed by atoms with Gasteiger partial charge in [0, 0.05) is 5.56 Å². The summed E-state index contributed by atoms with van der Waals surface area (Å²) in [4.78, 5) is 4.01. The molecule has 0 aliphatic rings. The minimum atomic E-state index is -2.49. The molecule has 0 atom stereocenters. The van der Waals surface area contributed by atoms with Gasteiger partial charge < -0.3 is 0 Å². The van der Waals surface area contributed by atoms with Crippen LogP contribution in [0, 0.1) is 6.92 Å². The highest BCUT2D eigenvalue weighted by molar-refractivity contribution is 9.10. The molecular weight excluding hydrogens is 256 g/mol. The summed E-state index contributed by atoms with van der Waals surface area (Å²) in [7, 11) is 0. The lowest BCUT2D eigenvalue weighted by atomic mass is 10.3. The Morgan fingerprint density at radius 3 is 2.79 bits per heavy atom. The van der Waals surface area contributed by atoms with Gasteiger partial charge in [0.2, 0.25) is 0 Å². The average Bonchev–Trinajstić information content (AvgIpc) is 2.45. The number of aromatic nitrogens is 3. The van der Waals surface area contributed by atoms with Crippen molar-refractivity contribution < 1.29 is 8.78 Å². The van der Waals surface area contributed by atoms with Gasteiger partial charge in [-0.3, -0.25) is 0 Å². The Bertz CT molecular complexity index is 481. The smallest absolute Gasteiger partial charge is 0.212 e. The number of fused-ring (bicyclic) bond motifs is 1. The Morgan fingerprint density at radius 1 is 1.43 bits per heavy atom. The van der Waals surface area contributed by atoms with Crippen molar-refractivity contribution in [1.29, 1.82) is 0 Å². The van der Waals surface area contributed by atoms with Crippen LogP contribution < -0.4 is 0 Å². The first kappa shape index (κ1) is 9.51. The Labute approximate surface area is 86.9 Å². The monoisotopic (exact) mass is 261 g/mol. The van der Waals surface area contributed by atoms with Crippen molar-refractivity contribution in [3.63, 3.8) is 0 Å². The summed E-state index contributed by atoms with van der Waals surface area (Å²) in [5.41, 5.74) is 0.365. The first-order valence-electron chi connectivity index (χ1n) is 3.89. The predicted octanol–water partition coefficient (Wildman–Crippen LogP) is 2.74. The quantitative estimate of drug-likeness (QED) is 0.739. The summed E-state index contributed by atoms with van der Waals surface area (Å²) in [6, 6.07) is 2.67. The molecule has 3 nitrogen and oxygen atoms in total. The number of rotatable bonds is 1. The van der Waals surface area contributed by atoms with E-state index in [1.54, 1.807) is 6.92 Å². The van der Waals surface area contributed by atoms with E-state index in [-0.39, 0.29) is 5.56 Å². The van der Waals surface area contributed by atoms with Crippen LogP contribution in [0.4, 0.5) is 8.78 Å². The SMILES string of the molecule is Cc1nc2cc(C(F)F)cc(Br)n2n1. The Morgan fingerprint density at radius 2 is 2.14 bits per heavy atom. The number of hydrogen-bond acceptors (Lipinski definition) is 2. The van der Waals surface area contributed by atoms with E-state index in [1.165, 1.54) is 16.6 Å². The van der Waals surface area contributed by atoms with Gasteiger partial charge in [0.25, 0.3) is 6.43 Å². The molecule has 0 aromatic carbocycles. The molecule has 0 aliphatic heterocycles. The molecule has 74 valence electrons. The Hall–Kier alpha value is -1.04. The largest absolute Gasteiger partial charge is 0.264 e. The fraction of sp³-hybridized carbons (Fsp3) is 0.250. The highest BCUT2D eigenvalue weighted by Crippen LogP contribution is 2.23. The maximum absolute atomic E-state index is 12.4. The van der Waals surface area contributed by atoms with Crippen molar-refractivity contribution in [2.75, 3.05) is 0 Å². The third kappa shape index (κ3) is 1.50. The average molecular weight is 262 g/mol. The van der Waals surface area contributed by atoms with Crippen LogP contribution in [-0.2, 0) is 0 Å². The summed E-state index contributed by atoms with van der Waals surface area (Å²) < 4.78 is 26.8. The first-order valence-corrected chi connectivity index (χ1v) is 4.68. The Balaban J connectivity index is 2.71. The van der Waals surface area contributed by atoms with E-state index in [0.717, 1.165) is 0 Å². The third-order valence-electron chi connectivity index (χ3n) is 1.77. The fourth-order valence-corrected chi connectivity index (χ4v) is 1.72. The number of alkyl halides is 2. The van der Waals surface area contributed by atoms with Gasteiger partial charge in [-0.15, -0.1) is 0 Å². The molecule has 0 amide bonds. The standard InChI is InChI=1S/C8H6BrF2N3/c1-4-12-7-3-5(8(10)11)2-6(9)14(7)13-4/h2-3,8H,1H3. The van der Waals surface area contributed by atoms with Gasteiger partial charge >= 0.3 is 0 Å². The van der Waals surface area contributed by atoms with Crippen molar-refractivity contribution in [2.45, 2.75) is 13.3 Å². The van der Waals surface area contributed by atoms with Crippen molar-refractivity contribution in [2.24, 2.45) is 0 Å². The minimum absolute atomic E-state index is 0.0585. The van der Waals surface area contributed by atoms with Crippen molar-refractivity contribution >= 4 is 21.6 Å². The molecule has 0 fully saturated rings. The van der Waals surface area contributed by atoms with Crippen molar-refractivity contribution in [3.05, 3.63) is 28.1 Å². The minimum Gasteiger partial charge on any atom is -0.212 e. The number of pyridine rings is 1. The maximum atomic E-state index is 12.4. The van der Waals surface area contributed by atoms with E-state index in [1.807, 2.05) is 0 Å². The molecule has 2 rings (SSSR count). The van der Waals surface area contributed by atoms with Gasteiger partial charge in [-0.05, 0) is 35.0 Å². The zero-order valence-electron chi connectivity index (χ0n) is 7.21. The second-order valence-electron chi connectivity index (χ2n) is 2.84. The highest BCUT2D eigenvalue weighted by Gasteiger charge is 2.12. The number of aryl methyl sites for hydroxylation is 1. The van der Waals surface area contributed by atoms with Crippen LogP contribution in [-0.4, -0.2) is 14.6 Å². The third-order valence-corrected chi connectivity index (χ3v) is 2.34. The summed E-state index contributed by atoms with van der Waals surface area (Å²) >= 11 is 3.16. The van der Waals surface area contributed by atoms with E-state index in [4.69, 9.17) is 0 Å². The van der Waals surface area contributed by atoms with Crippen LogP contribution in [0.5, 0.6) is 0 Å². The second-order valence-corrected chi connectivity index (χ2v) is 3.65. The maximum Gasteiger partial charge on any atom is 0.264 e. The first-order chi connectivity index (χ1) is 6.58. The lowest BCUT2D eigenvalue weighted by molar-refractivity contribution is 0.151. The topological polar surface area (TPSA) is 30.2 Å². The summed E-state index contributed by atoms with van der Waals surface area (Å²) in [5.74, 6) is 0.553. The molecule has 6 heteroatoms. The lowest BCUT2D eigenvalue weighted by Gasteiger charge is -2.01. The second kappa shape index (κ2) is 3.27. The van der Waals surface area contributed by atoms with Crippen LogP contribution in [0.25, 0.3) is 5.65 Å². The van der Waals surface area contributed by atoms with Crippen LogP contribution >= 0.6 is 15.9 Å². The van der Waals surface area contributed by atoms with Gasteiger partial charge in [-0.1, -0.05) is 0 Å². The molecule has 2 aromatic heterocycles. The summed E-state index contributed by atoms with van der Waals surface area (Å²) in [6.07, 6.45) is -2.49. The molecule has 0 unspecified atom stereocenters. The van der Waals surface area contributed by atoms with Crippen LogP contribution in [0.15, 0.2) is 16.7 Å². The molecule has 0 saturated heterocycles. The van der Waals surface area contributed by atoms with E-state index in [2.05, 4.69) is 26.0 Å². The van der Waals surface area contributed by atoms with Gasteiger partial charge in [0.1, 0.15) is 10.4 Å². The van der Waals surface area contributed by atoms with Crippen molar-refractivity contribution in [3.8, 4) is 0 Å². The molecule has 2 aromatic rings. The van der Waals surface area contributed by atoms with E-state index < -0.39 is 6.43 Å². The zero-order chi connectivity index (χ0) is 10.3. The molecular formula is C8H6BrF2N3. The molecule has 0 saturated carbocycles. The van der Waals surface area contributed by atoms with E-state index in [9.17, 15) is 8.78 Å². The van der Waals surface area contributed by atoms with Crippen LogP contribution in [0.1, 0.15) is 17.8 Å². The molecule has 0 N–H and O–H groups in total. The molecule has 0 radical (unpaired) electrons. The van der Waals surface area contributed by atoms with Crippen LogP contribution in [0.3, 0.4) is 0 Å². The number of nitrogens with zero attached hydrogens (tertiary/aromatic N) is 3. The lowest BCUT2D eigenvalue weighted by Crippen LogP contribution is -1.93. The molecule has 0 spiro atoms. The molecule has 0 aliphatic carbocycles. The molecule has 0 bridgehead atoms. The Kier molecular flexibility index (Phi) is 2.22. The summed E-state index contributed by atoms with van der Waals surface area (Å²) in [6.45, 7) is 1.71. The highest BCUT2D eigenvalue weighted by atomic mass is 79.9. The number of hydrogen-bond donors (Lipinski definition) is 0. The van der Waals surface area contributed by atoms with Gasteiger partial charge in [0.05, 0.1) is 0 Å². The van der Waals surface area contributed by atoms with Gasteiger partial charge in [-0.2, -0.15) is 5.10 Å². The fourth-order valence-electron chi connectivity index (χ4n) is 1.20. The van der Waals surface area contributed by atoms with Crippen LogP contribution in [0.2, 0.25) is 0 Å². The summed E-state index contributed by atoms with van der Waals surface area (Å²) in [5, 5.41) is 4.03. The van der Waals surface area contributed by atoms with E-state index >= 15 is 0 Å². The molecule has 14 heavy (non-hydrogen) atoms. The van der Waals surface area contributed by atoms with Gasteiger partial charge in [-0.25, -0.2) is 18.3 Å². The van der Waals surface area contributed by atoms with Gasteiger partial charge in [0.15, 0.2) is 5.65 Å². The normalized spacial score (nSPS) is 11.5. The number of halogens is 3.